The van der Waals surface area contributed by atoms with Crippen molar-refractivity contribution in [2.75, 3.05) is 7.11 Å². The molecule has 0 aliphatic heterocycles. The van der Waals surface area contributed by atoms with Crippen molar-refractivity contribution < 1.29 is 9.53 Å². The van der Waals surface area contributed by atoms with Crippen molar-refractivity contribution in [2.45, 2.75) is 12.4 Å². The third kappa shape index (κ3) is 3.75. The molecule has 0 atom stereocenters. The predicted molar refractivity (Wildman–Crippen MR) is 80.2 cm³/mol. The zero-order valence-electron chi connectivity index (χ0n) is 11.2. The van der Waals surface area contributed by atoms with Gasteiger partial charge in [0.2, 0.25) is 0 Å². The van der Waals surface area contributed by atoms with Gasteiger partial charge in [0, 0.05) is 18.0 Å². The van der Waals surface area contributed by atoms with E-state index in [-0.39, 0.29) is 5.91 Å². The van der Waals surface area contributed by atoms with Gasteiger partial charge in [-0.1, -0.05) is 24.3 Å². The predicted octanol–water partition coefficient (Wildman–Crippen LogP) is 3.36. The lowest BCUT2D eigenvalue weighted by molar-refractivity contribution is 0.0951. The first-order valence-corrected chi connectivity index (χ1v) is 6.82. The molecule has 2 aromatic rings. The highest BCUT2D eigenvalue weighted by Crippen LogP contribution is 2.11. The van der Waals surface area contributed by atoms with E-state index in [0.29, 0.717) is 18.0 Å². The van der Waals surface area contributed by atoms with Crippen LogP contribution in [0.2, 0.25) is 0 Å². The average molecular weight is 290 g/mol. The van der Waals surface area contributed by atoms with Crippen molar-refractivity contribution in [2.24, 2.45) is 0 Å². The highest BCUT2D eigenvalue weighted by molar-refractivity contribution is 6.17. The first kappa shape index (κ1) is 14.4. The molecule has 0 saturated heterocycles. The quantitative estimate of drug-likeness (QED) is 0.857. The minimum atomic E-state index is -0.0954. The lowest BCUT2D eigenvalue weighted by atomic mass is 10.1. The number of halogens is 1. The molecule has 0 fully saturated rings. The third-order valence-corrected chi connectivity index (χ3v) is 3.29. The molecule has 0 bridgehead atoms. The summed E-state index contributed by atoms with van der Waals surface area (Å²) in [6.45, 7) is 0.486. The van der Waals surface area contributed by atoms with E-state index >= 15 is 0 Å². The number of rotatable bonds is 5. The van der Waals surface area contributed by atoms with Gasteiger partial charge < -0.3 is 10.1 Å². The molecule has 1 amide bonds. The molecular weight excluding hydrogens is 274 g/mol. The molecule has 0 radical (unpaired) electrons. The minimum absolute atomic E-state index is 0.0954. The molecule has 3 nitrogen and oxygen atoms in total. The number of hydrogen-bond acceptors (Lipinski definition) is 2. The number of nitrogens with one attached hydrogen (secondary N) is 1. The molecule has 0 aliphatic rings. The Hall–Kier alpha value is -2.00. The number of amides is 1. The standard InChI is InChI=1S/C16H16ClNO2/c1-20-15-8-4-13(5-9-15)11-18-16(19)14-6-2-12(10-17)3-7-14/h2-9H,10-11H2,1H3,(H,18,19). The number of carbonyl (C=O) groups excluding carboxylic acids is 1. The van der Waals surface area contributed by atoms with Gasteiger partial charge in [0.1, 0.15) is 5.75 Å². The molecule has 2 rings (SSSR count). The summed E-state index contributed by atoms with van der Waals surface area (Å²) in [6, 6.07) is 14.9. The Balaban J connectivity index is 1.93. The number of hydrogen-bond donors (Lipinski definition) is 1. The summed E-state index contributed by atoms with van der Waals surface area (Å²) in [4.78, 5) is 12.0. The van der Waals surface area contributed by atoms with Crippen LogP contribution < -0.4 is 10.1 Å². The number of benzene rings is 2. The molecule has 0 heterocycles. The molecule has 2 aromatic carbocycles. The third-order valence-electron chi connectivity index (χ3n) is 2.98. The Bertz CT molecular complexity index is 564. The van der Waals surface area contributed by atoms with Crippen molar-refractivity contribution in [1.29, 1.82) is 0 Å². The Kier molecular flexibility index (Phi) is 5.02. The summed E-state index contributed by atoms with van der Waals surface area (Å²) < 4.78 is 5.09. The van der Waals surface area contributed by atoms with Crippen LogP contribution in [0.15, 0.2) is 48.5 Å². The lowest BCUT2D eigenvalue weighted by Gasteiger charge is -2.07. The number of methoxy groups -OCH3 is 1. The molecule has 0 aromatic heterocycles. The van der Waals surface area contributed by atoms with Crippen LogP contribution in [0.1, 0.15) is 21.5 Å². The van der Waals surface area contributed by atoms with Gasteiger partial charge >= 0.3 is 0 Å². The number of carbonyl (C=O) groups is 1. The van der Waals surface area contributed by atoms with Gasteiger partial charge in [0.05, 0.1) is 7.11 Å². The van der Waals surface area contributed by atoms with Crippen LogP contribution in [0.25, 0.3) is 0 Å². The van der Waals surface area contributed by atoms with Gasteiger partial charge in [-0.25, -0.2) is 0 Å². The molecule has 1 N–H and O–H groups in total. The highest BCUT2D eigenvalue weighted by Gasteiger charge is 2.05. The first-order valence-electron chi connectivity index (χ1n) is 6.29. The van der Waals surface area contributed by atoms with E-state index in [0.717, 1.165) is 16.9 Å². The fourth-order valence-corrected chi connectivity index (χ4v) is 1.95. The molecule has 104 valence electrons. The van der Waals surface area contributed by atoms with Crippen molar-refractivity contribution in [3.63, 3.8) is 0 Å². The molecule has 20 heavy (non-hydrogen) atoms. The number of ether oxygens (including phenoxy) is 1. The Morgan fingerprint density at radius 3 is 2.20 bits per heavy atom. The SMILES string of the molecule is COc1ccc(CNC(=O)c2ccc(CCl)cc2)cc1. The maximum Gasteiger partial charge on any atom is 0.251 e. The molecule has 0 unspecified atom stereocenters. The Morgan fingerprint density at radius 2 is 1.65 bits per heavy atom. The average Bonchev–Trinajstić information content (AvgIpc) is 2.53. The molecule has 0 aliphatic carbocycles. The maximum absolute atomic E-state index is 12.0. The topological polar surface area (TPSA) is 38.3 Å². The lowest BCUT2D eigenvalue weighted by Crippen LogP contribution is -2.22. The van der Waals surface area contributed by atoms with Crippen LogP contribution >= 0.6 is 11.6 Å². The smallest absolute Gasteiger partial charge is 0.251 e. The number of alkyl halides is 1. The summed E-state index contributed by atoms with van der Waals surface area (Å²) in [5.74, 6) is 1.16. The summed E-state index contributed by atoms with van der Waals surface area (Å²) in [7, 11) is 1.63. The second kappa shape index (κ2) is 6.96. The van der Waals surface area contributed by atoms with E-state index in [1.807, 2.05) is 36.4 Å². The van der Waals surface area contributed by atoms with Crippen molar-refractivity contribution >= 4 is 17.5 Å². The summed E-state index contributed by atoms with van der Waals surface area (Å²) >= 11 is 5.71. The van der Waals surface area contributed by atoms with Gasteiger partial charge in [-0.15, -0.1) is 11.6 Å². The Labute approximate surface area is 123 Å². The van der Waals surface area contributed by atoms with E-state index < -0.39 is 0 Å². The van der Waals surface area contributed by atoms with Crippen molar-refractivity contribution in [1.82, 2.24) is 5.32 Å². The first-order chi connectivity index (χ1) is 9.72. The van der Waals surface area contributed by atoms with E-state index in [2.05, 4.69) is 5.32 Å². The summed E-state index contributed by atoms with van der Waals surface area (Å²) in [5, 5.41) is 2.88. The van der Waals surface area contributed by atoms with Gasteiger partial charge in [-0.2, -0.15) is 0 Å². The van der Waals surface area contributed by atoms with E-state index in [1.165, 1.54) is 0 Å². The maximum atomic E-state index is 12.0. The molecule has 4 heteroatoms. The summed E-state index contributed by atoms with van der Waals surface area (Å²) in [6.07, 6.45) is 0. The van der Waals surface area contributed by atoms with Crippen LogP contribution in [0.4, 0.5) is 0 Å². The van der Waals surface area contributed by atoms with Crippen LogP contribution in [0.5, 0.6) is 5.75 Å². The second-order valence-electron chi connectivity index (χ2n) is 4.36. The van der Waals surface area contributed by atoms with Crippen molar-refractivity contribution in [3.8, 4) is 5.75 Å². The van der Waals surface area contributed by atoms with Crippen LogP contribution in [-0.2, 0) is 12.4 Å². The van der Waals surface area contributed by atoms with E-state index in [1.54, 1.807) is 19.2 Å². The van der Waals surface area contributed by atoms with Crippen LogP contribution in [0, 0.1) is 0 Å². The second-order valence-corrected chi connectivity index (χ2v) is 4.63. The fraction of sp³-hybridized carbons (Fsp3) is 0.188. The zero-order chi connectivity index (χ0) is 14.4. The Morgan fingerprint density at radius 1 is 1.05 bits per heavy atom. The van der Waals surface area contributed by atoms with Crippen LogP contribution in [0.3, 0.4) is 0 Å². The largest absolute Gasteiger partial charge is 0.497 e. The molecular formula is C16H16ClNO2. The van der Waals surface area contributed by atoms with E-state index in [9.17, 15) is 4.79 Å². The fourth-order valence-electron chi connectivity index (χ4n) is 1.77. The minimum Gasteiger partial charge on any atom is -0.497 e. The van der Waals surface area contributed by atoms with Crippen molar-refractivity contribution in [3.05, 3.63) is 65.2 Å². The molecule has 0 saturated carbocycles. The van der Waals surface area contributed by atoms with Gasteiger partial charge in [-0.05, 0) is 35.4 Å². The van der Waals surface area contributed by atoms with Gasteiger partial charge in [0.25, 0.3) is 5.91 Å². The highest BCUT2D eigenvalue weighted by atomic mass is 35.5. The normalized spacial score (nSPS) is 10.1. The van der Waals surface area contributed by atoms with E-state index in [4.69, 9.17) is 16.3 Å². The monoisotopic (exact) mass is 289 g/mol. The van der Waals surface area contributed by atoms with Crippen LogP contribution in [-0.4, -0.2) is 13.0 Å². The zero-order valence-corrected chi connectivity index (χ0v) is 12.0. The van der Waals surface area contributed by atoms with Gasteiger partial charge in [-0.3, -0.25) is 4.79 Å². The summed E-state index contributed by atoms with van der Waals surface area (Å²) in [5.41, 5.74) is 2.65. The van der Waals surface area contributed by atoms with Gasteiger partial charge in [0.15, 0.2) is 0 Å². The molecule has 0 spiro atoms.